The highest BCUT2D eigenvalue weighted by Gasteiger charge is 2.13. The van der Waals surface area contributed by atoms with Crippen LogP contribution in [-0.4, -0.2) is 4.98 Å². The van der Waals surface area contributed by atoms with Crippen molar-refractivity contribution in [1.82, 2.24) is 4.98 Å². The number of thiazole rings is 1. The average molecular weight is 347 g/mol. The van der Waals surface area contributed by atoms with Crippen LogP contribution in [-0.2, 0) is 0 Å². The fourth-order valence-electron chi connectivity index (χ4n) is 2.28. The van der Waals surface area contributed by atoms with Crippen LogP contribution >= 0.6 is 27.3 Å². The van der Waals surface area contributed by atoms with E-state index in [4.69, 9.17) is 10.7 Å². The Morgan fingerprint density at radius 3 is 2.60 bits per heavy atom. The second-order valence-electron chi connectivity index (χ2n) is 4.99. The summed E-state index contributed by atoms with van der Waals surface area (Å²) in [5.74, 6) is 0. The Labute approximate surface area is 130 Å². The van der Waals surface area contributed by atoms with Crippen molar-refractivity contribution in [2.45, 2.75) is 20.8 Å². The van der Waals surface area contributed by atoms with E-state index in [1.807, 2.05) is 19.1 Å². The summed E-state index contributed by atoms with van der Waals surface area (Å²) < 4.78 is 2.35. The Bertz CT molecular complexity index is 821. The van der Waals surface area contributed by atoms with Crippen LogP contribution in [0, 0.1) is 20.8 Å². The third-order valence-corrected chi connectivity index (χ3v) is 5.65. The second-order valence-corrected chi connectivity index (χ2v) is 6.88. The number of nitrogens with zero attached hydrogens (tertiary/aromatic N) is 1. The molecular formula is C16H15BrN2S. The van der Waals surface area contributed by atoms with Crippen molar-refractivity contribution >= 4 is 43.2 Å². The van der Waals surface area contributed by atoms with Gasteiger partial charge < -0.3 is 5.73 Å². The van der Waals surface area contributed by atoms with Crippen molar-refractivity contribution in [3.8, 4) is 10.6 Å². The summed E-state index contributed by atoms with van der Waals surface area (Å²) in [5.41, 5.74) is 12.6. The van der Waals surface area contributed by atoms with Gasteiger partial charge in [-0.25, -0.2) is 4.98 Å². The van der Waals surface area contributed by atoms with Crippen LogP contribution in [0.5, 0.6) is 0 Å². The van der Waals surface area contributed by atoms with E-state index in [1.165, 1.54) is 15.8 Å². The van der Waals surface area contributed by atoms with E-state index in [-0.39, 0.29) is 0 Å². The van der Waals surface area contributed by atoms with E-state index in [0.717, 1.165) is 31.8 Å². The van der Waals surface area contributed by atoms with E-state index in [9.17, 15) is 0 Å². The van der Waals surface area contributed by atoms with Gasteiger partial charge >= 0.3 is 0 Å². The Balaban J connectivity index is 2.29. The van der Waals surface area contributed by atoms with Crippen LogP contribution in [0.1, 0.15) is 16.7 Å². The van der Waals surface area contributed by atoms with Gasteiger partial charge in [-0.15, -0.1) is 11.3 Å². The Hall–Kier alpha value is -1.39. The first-order chi connectivity index (χ1) is 9.49. The Morgan fingerprint density at radius 2 is 1.85 bits per heavy atom. The lowest BCUT2D eigenvalue weighted by molar-refractivity contribution is 1.32. The normalized spacial score (nSPS) is 11.2. The van der Waals surface area contributed by atoms with Crippen molar-refractivity contribution in [3.63, 3.8) is 0 Å². The molecule has 4 heteroatoms. The monoisotopic (exact) mass is 346 g/mol. The van der Waals surface area contributed by atoms with E-state index >= 15 is 0 Å². The van der Waals surface area contributed by atoms with Gasteiger partial charge in [0, 0.05) is 15.7 Å². The summed E-state index contributed by atoms with van der Waals surface area (Å²) in [5, 5.41) is 1.03. The van der Waals surface area contributed by atoms with Crippen molar-refractivity contribution in [2.75, 3.05) is 5.73 Å². The van der Waals surface area contributed by atoms with Gasteiger partial charge in [-0.2, -0.15) is 0 Å². The number of benzene rings is 2. The minimum atomic E-state index is 0.816. The minimum absolute atomic E-state index is 0.816. The first-order valence-corrected chi connectivity index (χ1v) is 8.01. The van der Waals surface area contributed by atoms with Gasteiger partial charge in [0.2, 0.25) is 0 Å². The molecule has 0 spiro atoms. The number of aromatic nitrogens is 1. The average Bonchev–Trinajstić information content (AvgIpc) is 2.83. The molecule has 0 saturated heterocycles. The maximum absolute atomic E-state index is 6.00. The molecule has 0 bridgehead atoms. The maximum atomic E-state index is 6.00. The van der Waals surface area contributed by atoms with Crippen molar-refractivity contribution < 1.29 is 0 Å². The third-order valence-electron chi connectivity index (χ3n) is 3.79. The van der Waals surface area contributed by atoms with Crippen LogP contribution in [0.25, 0.3) is 20.8 Å². The molecule has 0 aliphatic carbocycles. The summed E-state index contributed by atoms with van der Waals surface area (Å²) in [4.78, 5) is 4.83. The molecule has 3 rings (SSSR count). The third kappa shape index (κ3) is 2.03. The molecule has 0 aliphatic rings. The lowest BCUT2D eigenvalue weighted by atomic mass is 10.1. The van der Waals surface area contributed by atoms with E-state index in [2.05, 4.69) is 41.9 Å². The van der Waals surface area contributed by atoms with Gasteiger partial charge in [-0.1, -0.05) is 28.1 Å². The molecule has 0 radical (unpaired) electrons. The summed E-state index contributed by atoms with van der Waals surface area (Å²) in [6, 6.07) is 8.15. The molecule has 0 atom stereocenters. The van der Waals surface area contributed by atoms with E-state index in [1.54, 1.807) is 11.3 Å². The molecule has 2 N–H and O–H groups in total. The molecule has 2 aromatic carbocycles. The molecule has 0 fully saturated rings. The highest BCUT2D eigenvalue weighted by Crippen LogP contribution is 2.37. The highest BCUT2D eigenvalue weighted by atomic mass is 79.9. The number of anilines is 1. The van der Waals surface area contributed by atoms with Gasteiger partial charge in [0.1, 0.15) is 5.01 Å². The molecule has 0 saturated carbocycles. The molecule has 20 heavy (non-hydrogen) atoms. The van der Waals surface area contributed by atoms with Gasteiger partial charge in [-0.05, 0) is 49.6 Å². The second kappa shape index (κ2) is 4.86. The zero-order valence-corrected chi connectivity index (χ0v) is 14.0. The molecule has 2 nitrogen and oxygen atoms in total. The molecule has 102 valence electrons. The lowest BCUT2D eigenvalue weighted by Crippen LogP contribution is -1.91. The molecule has 0 unspecified atom stereocenters. The molecule has 0 amide bonds. The summed E-state index contributed by atoms with van der Waals surface area (Å²) in [7, 11) is 0. The van der Waals surface area contributed by atoms with Gasteiger partial charge in [0.25, 0.3) is 0 Å². The van der Waals surface area contributed by atoms with Crippen LogP contribution in [0.4, 0.5) is 5.69 Å². The minimum Gasteiger partial charge on any atom is -0.398 e. The number of fused-ring (bicyclic) bond motifs is 1. The Kier molecular flexibility index (Phi) is 3.30. The SMILES string of the molecule is Cc1c(N)cccc1-c1nc2c(C)c(C)c(Br)cc2s1. The van der Waals surface area contributed by atoms with E-state index < -0.39 is 0 Å². The predicted molar refractivity (Wildman–Crippen MR) is 91.4 cm³/mol. The topological polar surface area (TPSA) is 38.9 Å². The number of rotatable bonds is 1. The number of halogens is 1. The number of nitrogens with two attached hydrogens (primary N) is 1. The van der Waals surface area contributed by atoms with Gasteiger partial charge in [0.15, 0.2) is 0 Å². The summed E-state index contributed by atoms with van der Waals surface area (Å²) in [6.07, 6.45) is 0. The quantitative estimate of drug-likeness (QED) is 0.612. The largest absolute Gasteiger partial charge is 0.398 e. The van der Waals surface area contributed by atoms with Crippen LogP contribution < -0.4 is 5.73 Å². The fraction of sp³-hybridized carbons (Fsp3) is 0.188. The summed E-state index contributed by atoms with van der Waals surface area (Å²) >= 11 is 5.33. The molecular weight excluding hydrogens is 332 g/mol. The standard InChI is InChI=1S/C16H15BrN2S/c1-8-9(2)15-14(7-12(8)17)20-16(19-15)11-5-4-6-13(18)10(11)3/h4-7H,18H2,1-3H3. The zero-order valence-electron chi connectivity index (χ0n) is 11.6. The first kappa shape index (κ1) is 13.6. The number of aryl methyl sites for hydroxylation is 1. The number of hydrogen-bond acceptors (Lipinski definition) is 3. The molecule has 0 aliphatic heterocycles. The first-order valence-electron chi connectivity index (χ1n) is 6.40. The lowest BCUT2D eigenvalue weighted by Gasteiger charge is -2.04. The van der Waals surface area contributed by atoms with E-state index in [0.29, 0.717) is 0 Å². The fourth-order valence-corrected chi connectivity index (χ4v) is 4.11. The van der Waals surface area contributed by atoms with Gasteiger partial charge in [-0.3, -0.25) is 0 Å². The highest BCUT2D eigenvalue weighted by molar-refractivity contribution is 9.10. The van der Waals surface area contributed by atoms with Crippen molar-refractivity contribution in [3.05, 3.63) is 45.4 Å². The Morgan fingerprint density at radius 1 is 1.10 bits per heavy atom. The molecule has 1 heterocycles. The van der Waals surface area contributed by atoms with Crippen molar-refractivity contribution in [1.29, 1.82) is 0 Å². The van der Waals surface area contributed by atoms with Crippen LogP contribution in [0.2, 0.25) is 0 Å². The molecule has 3 aromatic rings. The van der Waals surface area contributed by atoms with Crippen LogP contribution in [0.15, 0.2) is 28.7 Å². The van der Waals surface area contributed by atoms with Gasteiger partial charge in [0.05, 0.1) is 10.2 Å². The summed E-state index contributed by atoms with van der Waals surface area (Å²) in [6.45, 7) is 6.28. The maximum Gasteiger partial charge on any atom is 0.124 e. The zero-order chi connectivity index (χ0) is 14.4. The van der Waals surface area contributed by atoms with Crippen LogP contribution in [0.3, 0.4) is 0 Å². The smallest absolute Gasteiger partial charge is 0.124 e. The van der Waals surface area contributed by atoms with Crippen molar-refractivity contribution in [2.24, 2.45) is 0 Å². The molecule has 1 aromatic heterocycles. The predicted octanol–water partition coefficient (Wildman–Crippen LogP) is 5.23. The number of hydrogen-bond donors (Lipinski definition) is 1. The number of nitrogen functional groups attached to an aromatic ring is 1.